The van der Waals surface area contributed by atoms with Crippen LogP contribution in [0.3, 0.4) is 0 Å². The van der Waals surface area contributed by atoms with Crippen LogP contribution in [0.2, 0.25) is 0 Å². The summed E-state index contributed by atoms with van der Waals surface area (Å²) >= 11 is 0. The summed E-state index contributed by atoms with van der Waals surface area (Å²) in [4.78, 5) is 0.121. The smallest absolute Gasteiger partial charge is 0.240 e. The van der Waals surface area contributed by atoms with Gasteiger partial charge in [0.25, 0.3) is 0 Å². The van der Waals surface area contributed by atoms with E-state index in [1.165, 1.54) is 25.3 Å². The minimum absolute atomic E-state index is 0.00174. The number of ether oxygens (including phenoxy) is 1. The van der Waals surface area contributed by atoms with E-state index in [1.807, 2.05) is 0 Å². The molecule has 1 aromatic carbocycles. The van der Waals surface area contributed by atoms with E-state index in [0.29, 0.717) is 11.4 Å². The molecular formula is C14H22N2O4S. The van der Waals surface area contributed by atoms with Crippen LogP contribution in [0, 0.1) is 5.92 Å². The van der Waals surface area contributed by atoms with Gasteiger partial charge < -0.3 is 15.6 Å². The van der Waals surface area contributed by atoms with Crippen molar-refractivity contribution in [1.29, 1.82) is 0 Å². The third-order valence-electron chi connectivity index (χ3n) is 3.97. The zero-order valence-corrected chi connectivity index (χ0v) is 12.9. The molecule has 1 aromatic rings. The quantitative estimate of drug-likeness (QED) is 0.707. The normalized spacial score (nSPS) is 23.0. The van der Waals surface area contributed by atoms with Crippen molar-refractivity contribution >= 4 is 15.7 Å². The van der Waals surface area contributed by atoms with Gasteiger partial charge in [-0.25, -0.2) is 13.1 Å². The highest BCUT2D eigenvalue weighted by atomic mass is 32.2. The van der Waals surface area contributed by atoms with E-state index in [-0.39, 0.29) is 23.5 Å². The molecule has 1 aliphatic carbocycles. The summed E-state index contributed by atoms with van der Waals surface area (Å²) in [5.74, 6) is 0.310. The Bertz CT molecular complexity index is 589. The van der Waals surface area contributed by atoms with Gasteiger partial charge in [0.1, 0.15) is 5.75 Å². The van der Waals surface area contributed by atoms with Gasteiger partial charge in [0.15, 0.2) is 0 Å². The monoisotopic (exact) mass is 314 g/mol. The van der Waals surface area contributed by atoms with Crippen LogP contribution < -0.4 is 15.2 Å². The van der Waals surface area contributed by atoms with Crippen molar-refractivity contribution in [3.8, 4) is 5.75 Å². The number of nitrogens with one attached hydrogen (secondary N) is 1. The lowest BCUT2D eigenvalue weighted by Crippen LogP contribution is -2.43. The second-order valence-corrected chi connectivity index (χ2v) is 7.07. The maximum atomic E-state index is 12.5. The highest BCUT2D eigenvalue weighted by molar-refractivity contribution is 7.89. The Hall–Kier alpha value is -1.31. The number of nitrogen functional groups attached to an aromatic ring is 1. The number of sulfonamides is 1. The number of hydrogen-bond acceptors (Lipinski definition) is 5. The molecule has 1 fully saturated rings. The third kappa shape index (κ3) is 3.66. The summed E-state index contributed by atoms with van der Waals surface area (Å²) in [7, 11) is -2.21. The summed E-state index contributed by atoms with van der Waals surface area (Å²) in [5.41, 5.74) is 6.09. The molecule has 2 rings (SSSR count). The summed E-state index contributed by atoms with van der Waals surface area (Å²) < 4.78 is 32.7. The van der Waals surface area contributed by atoms with Gasteiger partial charge in [-0.1, -0.05) is 12.8 Å². The van der Waals surface area contributed by atoms with Crippen molar-refractivity contribution in [2.45, 2.75) is 36.6 Å². The first-order chi connectivity index (χ1) is 9.97. The maximum absolute atomic E-state index is 12.5. The van der Waals surface area contributed by atoms with Crippen LogP contribution in [0.5, 0.6) is 5.75 Å². The Labute approximate surface area is 125 Å². The molecule has 0 heterocycles. The van der Waals surface area contributed by atoms with Gasteiger partial charge in [-0.3, -0.25) is 0 Å². The van der Waals surface area contributed by atoms with Gasteiger partial charge in [0.2, 0.25) is 10.0 Å². The van der Waals surface area contributed by atoms with Crippen LogP contribution in [0.1, 0.15) is 25.7 Å². The van der Waals surface area contributed by atoms with Gasteiger partial charge in [-0.05, 0) is 30.9 Å². The molecule has 0 spiro atoms. The lowest BCUT2D eigenvalue weighted by molar-refractivity contribution is 0.164. The van der Waals surface area contributed by atoms with Gasteiger partial charge in [0.05, 0.1) is 17.7 Å². The second kappa shape index (κ2) is 6.64. The number of benzene rings is 1. The molecular weight excluding hydrogens is 292 g/mol. The van der Waals surface area contributed by atoms with Crippen molar-refractivity contribution in [2.24, 2.45) is 5.92 Å². The van der Waals surface area contributed by atoms with Crippen molar-refractivity contribution in [2.75, 3.05) is 19.5 Å². The molecule has 1 saturated carbocycles. The van der Waals surface area contributed by atoms with E-state index in [0.717, 1.165) is 25.7 Å². The SMILES string of the molecule is COc1cc(S(=O)(=O)NC2CCCCC2CO)ccc1N. The first-order valence-corrected chi connectivity index (χ1v) is 8.53. The fraction of sp³-hybridized carbons (Fsp3) is 0.571. The fourth-order valence-corrected chi connectivity index (χ4v) is 4.06. The molecule has 6 nitrogen and oxygen atoms in total. The summed E-state index contributed by atoms with van der Waals surface area (Å²) in [6, 6.07) is 4.15. The van der Waals surface area contributed by atoms with Crippen molar-refractivity contribution in [3.63, 3.8) is 0 Å². The second-order valence-electron chi connectivity index (χ2n) is 5.36. The minimum atomic E-state index is -3.65. The number of aliphatic hydroxyl groups is 1. The molecule has 0 aromatic heterocycles. The van der Waals surface area contributed by atoms with Gasteiger partial charge in [-0.2, -0.15) is 0 Å². The van der Waals surface area contributed by atoms with E-state index < -0.39 is 10.0 Å². The van der Waals surface area contributed by atoms with Gasteiger partial charge in [0, 0.05) is 18.7 Å². The van der Waals surface area contributed by atoms with E-state index in [2.05, 4.69) is 4.72 Å². The van der Waals surface area contributed by atoms with Crippen molar-refractivity contribution in [3.05, 3.63) is 18.2 Å². The van der Waals surface area contributed by atoms with E-state index >= 15 is 0 Å². The van der Waals surface area contributed by atoms with Gasteiger partial charge in [-0.15, -0.1) is 0 Å². The molecule has 4 N–H and O–H groups in total. The predicted molar refractivity (Wildman–Crippen MR) is 80.6 cm³/mol. The zero-order chi connectivity index (χ0) is 15.5. The molecule has 2 atom stereocenters. The number of methoxy groups -OCH3 is 1. The molecule has 2 unspecified atom stereocenters. The largest absolute Gasteiger partial charge is 0.495 e. The Morgan fingerprint density at radius 3 is 2.76 bits per heavy atom. The molecule has 7 heteroatoms. The molecule has 0 radical (unpaired) electrons. The number of rotatable bonds is 5. The summed E-state index contributed by atoms with van der Waals surface area (Å²) in [5, 5.41) is 9.38. The average Bonchev–Trinajstić information content (AvgIpc) is 2.47. The summed E-state index contributed by atoms with van der Waals surface area (Å²) in [6.07, 6.45) is 3.58. The zero-order valence-electron chi connectivity index (χ0n) is 12.1. The summed E-state index contributed by atoms with van der Waals surface area (Å²) in [6.45, 7) is -0.00174. The van der Waals surface area contributed by atoms with Crippen LogP contribution in [0.25, 0.3) is 0 Å². The van der Waals surface area contributed by atoms with E-state index in [4.69, 9.17) is 10.5 Å². The van der Waals surface area contributed by atoms with Crippen molar-refractivity contribution in [1.82, 2.24) is 4.72 Å². The fourth-order valence-electron chi connectivity index (χ4n) is 2.71. The topological polar surface area (TPSA) is 102 Å². The molecule has 0 saturated heterocycles. The number of aliphatic hydroxyl groups excluding tert-OH is 1. The Balaban J connectivity index is 2.21. The Kier molecular flexibility index (Phi) is 5.08. The van der Waals surface area contributed by atoms with E-state index in [1.54, 1.807) is 0 Å². The minimum Gasteiger partial charge on any atom is -0.495 e. The first kappa shape index (κ1) is 16.1. The molecule has 1 aliphatic rings. The molecule has 0 amide bonds. The highest BCUT2D eigenvalue weighted by Crippen LogP contribution is 2.28. The van der Waals surface area contributed by atoms with Crippen LogP contribution in [0.4, 0.5) is 5.69 Å². The number of nitrogens with two attached hydrogens (primary N) is 1. The average molecular weight is 314 g/mol. The Morgan fingerprint density at radius 1 is 1.38 bits per heavy atom. The number of hydrogen-bond donors (Lipinski definition) is 3. The highest BCUT2D eigenvalue weighted by Gasteiger charge is 2.29. The Morgan fingerprint density at radius 2 is 2.10 bits per heavy atom. The van der Waals surface area contributed by atoms with Crippen molar-refractivity contribution < 1.29 is 18.3 Å². The van der Waals surface area contributed by atoms with E-state index in [9.17, 15) is 13.5 Å². The standard InChI is InChI=1S/C14H22N2O4S/c1-20-14-8-11(6-7-12(14)15)21(18,19)16-13-5-3-2-4-10(13)9-17/h6-8,10,13,16-17H,2-5,9,15H2,1H3. The molecule has 118 valence electrons. The molecule has 21 heavy (non-hydrogen) atoms. The lowest BCUT2D eigenvalue weighted by Gasteiger charge is -2.30. The number of anilines is 1. The van der Waals surface area contributed by atoms with Crippen LogP contribution in [-0.4, -0.2) is 33.3 Å². The first-order valence-electron chi connectivity index (χ1n) is 7.04. The molecule has 0 aliphatic heterocycles. The van der Waals surface area contributed by atoms with Crippen LogP contribution in [0.15, 0.2) is 23.1 Å². The third-order valence-corrected chi connectivity index (χ3v) is 5.45. The maximum Gasteiger partial charge on any atom is 0.240 e. The van der Waals surface area contributed by atoms with Crippen LogP contribution in [-0.2, 0) is 10.0 Å². The van der Waals surface area contributed by atoms with Gasteiger partial charge >= 0.3 is 0 Å². The van der Waals surface area contributed by atoms with Crippen LogP contribution >= 0.6 is 0 Å². The predicted octanol–water partition coefficient (Wildman–Crippen LogP) is 1.11. The molecule has 0 bridgehead atoms. The lowest BCUT2D eigenvalue weighted by atomic mass is 9.86.